The van der Waals surface area contributed by atoms with Gasteiger partial charge in [0.2, 0.25) is 2.72 Å². The van der Waals surface area contributed by atoms with Crippen LogP contribution in [0.5, 0.6) is 0 Å². The molecule has 1 fully saturated rings. The first-order valence-electron chi connectivity index (χ1n) is 10.3. The van der Waals surface area contributed by atoms with Gasteiger partial charge in [-0.3, -0.25) is 13.4 Å². The molecule has 1 aliphatic rings. The van der Waals surface area contributed by atoms with E-state index in [4.69, 9.17) is 9.63 Å². The van der Waals surface area contributed by atoms with Crippen molar-refractivity contribution in [2.45, 2.75) is 48.5 Å². The van der Waals surface area contributed by atoms with E-state index < -0.39 is 56.9 Å². The van der Waals surface area contributed by atoms with Crippen LogP contribution in [-0.4, -0.2) is 80.8 Å². The topological polar surface area (TPSA) is 287 Å². The van der Waals surface area contributed by atoms with E-state index in [2.05, 4.69) is 55.6 Å². The summed E-state index contributed by atoms with van der Waals surface area (Å²) in [4.78, 5) is 59.0. The summed E-state index contributed by atoms with van der Waals surface area (Å²) in [5.74, 6) is 0.522. The quantitative estimate of drug-likeness (QED) is 0.108. The first kappa shape index (κ1) is 49.0. The standard InChI is InChI=1S/C15H24Br2N5O12P3.CH4.3Na.H2O/c1-3-21(4-2)12-9-13(19-6-18-12)22(7-20-9)14-11(24)10(23)8(33-14)5-32-37(30,31)34-36(28,29)15(16,17)35(25,26)27;;;;;/h6-8,10-11,14,23-24H,3-5H2,1-2H3,(H,28,29)(H,30,31)(H2,25,26,27);1H4;;;;1H2/q;;3*+1;/p-3/t8-,10-,11-,14-;;;;;/m1...../s1. The van der Waals surface area contributed by atoms with Gasteiger partial charge in [-0.2, -0.15) is 0 Å². The minimum atomic E-state index is -5.95. The number of aliphatic hydroxyl groups excluding tert-OH is 2. The van der Waals surface area contributed by atoms with E-state index in [1.807, 2.05) is 18.7 Å². The van der Waals surface area contributed by atoms with Crippen molar-refractivity contribution >= 4 is 71.9 Å². The van der Waals surface area contributed by atoms with Gasteiger partial charge in [-0.15, -0.1) is 0 Å². The molecule has 2 aromatic heterocycles. The van der Waals surface area contributed by atoms with Crippen LogP contribution in [0, 0.1) is 0 Å². The molecule has 3 heterocycles. The number of anilines is 1. The fourth-order valence-corrected chi connectivity index (χ4v) is 8.10. The minimum Gasteiger partial charge on any atom is -0.777 e. The molecule has 0 radical (unpaired) electrons. The van der Waals surface area contributed by atoms with Crippen molar-refractivity contribution in [1.82, 2.24) is 19.5 Å². The Morgan fingerprint density at radius 2 is 1.62 bits per heavy atom. The first-order valence-corrected chi connectivity index (χ1v) is 16.5. The molecule has 0 aliphatic carbocycles. The SMILES string of the molecule is C.CCN(CC)c1ncnc2c1ncn2[C@@H]1O[C@H](COP(=O)([O-])OP(=O)([O-])C(Br)(Br)P(=O)([O-])O)[C@@H](O)[C@H]1O.O.[Na+].[Na+].[Na+]. The molecule has 3 unspecified atom stereocenters. The normalized spacial score (nSPS) is 24.2. The molecule has 2 aromatic rings. The third-order valence-corrected chi connectivity index (χ3v) is 15.5. The molecule has 0 aromatic carbocycles. The van der Waals surface area contributed by atoms with Crippen LogP contribution < -0.4 is 108 Å². The molecule has 3 rings (SSSR count). The Balaban J connectivity index is -0.00000304. The molecule has 26 heteroatoms. The van der Waals surface area contributed by atoms with Gasteiger partial charge in [-0.05, 0) is 13.8 Å². The summed E-state index contributed by atoms with van der Waals surface area (Å²) in [6.07, 6.45) is -3.58. The Bertz CT molecular complexity index is 1290. The number of alkyl halides is 2. The maximum atomic E-state index is 12.1. The Kier molecular flexibility index (Phi) is 22.1. The van der Waals surface area contributed by atoms with Gasteiger partial charge in [0.05, 0.1) is 12.9 Å². The smallest absolute Gasteiger partial charge is 0.777 e. The molecule has 1 saturated heterocycles. The third-order valence-electron chi connectivity index (χ3n) is 5.29. The van der Waals surface area contributed by atoms with Crippen LogP contribution in [0.4, 0.5) is 5.82 Å². The van der Waals surface area contributed by atoms with E-state index in [1.54, 1.807) is 0 Å². The summed E-state index contributed by atoms with van der Waals surface area (Å²) in [5, 5.41) is 20.9. The second-order valence-electron chi connectivity index (χ2n) is 7.59. The number of aromatic nitrogens is 4. The van der Waals surface area contributed by atoms with Gasteiger partial charge in [0, 0.05) is 13.1 Å². The van der Waals surface area contributed by atoms with E-state index >= 15 is 0 Å². The Morgan fingerprint density at radius 3 is 2.12 bits per heavy atom. The Hall–Kier alpha value is 2.60. The van der Waals surface area contributed by atoms with Gasteiger partial charge >= 0.3 is 88.7 Å². The van der Waals surface area contributed by atoms with Crippen molar-refractivity contribution in [3.8, 4) is 0 Å². The Labute approximate surface area is 324 Å². The molecular weight excluding hydrogens is 792 g/mol. The van der Waals surface area contributed by atoms with Crippen LogP contribution in [0.15, 0.2) is 12.7 Å². The van der Waals surface area contributed by atoms with Crippen LogP contribution in [0.2, 0.25) is 0 Å². The van der Waals surface area contributed by atoms with Gasteiger partial charge in [0.25, 0.3) is 7.82 Å². The zero-order valence-corrected chi connectivity index (χ0v) is 34.3. The predicted octanol–water partition coefficient (Wildman–Crippen LogP) is -9.88. The van der Waals surface area contributed by atoms with Crippen molar-refractivity contribution in [3.05, 3.63) is 12.7 Å². The number of nitrogens with zero attached hydrogens (tertiary/aromatic N) is 5. The number of hydrogen-bond acceptors (Lipinski definition) is 15. The van der Waals surface area contributed by atoms with Crippen molar-refractivity contribution in [1.29, 1.82) is 0 Å². The van der Waals surface area contributed by atoms with Gasteiger partial charge in [0.1, 0.15) is 24.6 Å². The zero-order valence-electron chi connectivity index (χ0n) is 22.4. The second-order valence-corrected chi connectivity index (χ2v) is 19.0. The number of phosphoric ester groups is 1. The molecule has 0 saturated carbocycles. The fraction of sp³-hybridized carbons (Fsp3) is 0.688. The fourth-order valence-electron chi connectivity index (χ4n) is 3.40. The third kappa shape index (κ3) is 10.5. The molecule has 42 heavy (non-hydrogen) atoms. The molecule has 7 atom stereocenters. The molecule has 18 nitrogen and oxygen atoms in total. The van der Waals surface area contributed by atoms with Gasteiger partial charge < -0.3 is 58.6 Å². The summed E-state index contributed by atoms with van der Waals surface area (Å²) in [7, 11) is -17.5. The van der Waals surface area contributed by atoms with Crippen molar-refractivity contribution in [2.24, 2.45) is 0 Å². The molecule has 5 N–H and O–H groups in total. The van der Waals surface area contributed by atoms with E-state index in [1.165, 1.54) is 17.2 Å². The minimum absolute atomic E-state index is 0. The van der Waals surface area contributed by atoms with Crippen LogP contribution in [0.1, 0.15) is 27.5 Å². The molecule has 0 spiro atoms. The number of halogens is 2. The number of aliphatic hydroxyl groups is 2. The van der Waals surface area contributed by atoms with E-state index in [0.29, 0.717) is 24.4 Å². The molecule has 1 aliphatic heterocycles. The number of phosphoric acid groups is 1. The van der Waals surface area contributed by atoms with Gasteiger partial charge in [-0.1, -0.05) is 39.3 Å². The van der Waals surface area contributed by atoms with Crippen LogP contribution in [-0.2, 0) is 27.3 Å². The molecule has 0 bridgehead atoms. The van der Waals surface area contributed by atoms with Crippen molar-refractivity contribution in [3.63, 3.8) is 0 Å². The van der Waals surface area contributed by atoms with Crippen LogP contribution in [0.3, 0.4) is 0 Å². The predicted molar refractivity (Wildman–Crippen MR) is 138 cm³/mol. The van der Waals surface area contributed by atoms with Crippen LogP contribution in [0.25, 0.3) is 11.2 Å². The van der Waals surface area contributed by atoms with E-state index in [9.17, 15) is 38.6 Å². The molecule has 0 amide bonds. The molecular formula is C16H27Br2N5Na3O13P3. The van der Waals surface area contributed by atoms with Crippen LogP contribution >= 0.6 is 54.9 Å². The Morgan fingerprint density at radius 1 is 1.07 bits per heavy atom. The number of hydrogen-bond donors (Lipinski definition) is 3. The van der Waals surface area contributed by atoms with E-state index in [0.717, 1.165) is 0 Å². The maximum absolute atomic E-state index is 12.1. The maximum Gasteiger partial charge on any atom is 1.00 e. The molecule has 226 valence electrons. The first-order chi connectivity index (χ1) is 17.0. The average Bonchev–Trinajstić information content (AvgIpc) is 3.33. The summed E-state index contributed by atoms with van der Waals surface area (Å²) in [5.41, 5.74) is 0.629. The summed E-state index contributed by atoms with van der Waals surface area (Å²) >= 11 is 4.28. The number of fused-ring (bicyclic) bond motifs is 1. The number of rotatable bonds is 11. The monoisotopic (exact) mass is 817 g/mol. The zero-order chi connectivity index (χ0) is 28.0. The number of imidazole rings is 1. The van der Waals surface area contributed by atoms with Crippen molar-refractivity contribution < 1.29 is 151 Å². The summed E-state index contributed by atoms with van der Waals surface area (Å²) in [6.45, 7) is 4.05. The summed E-state index contributed by atoms with van der Waals surface area (Å²) < 4.78 is 47.2. The summed E-state index contributed by atoms with van der Waals surface area (Å²) in [6, 6.07) is 0. The van der Waals surface area contributed by atoms with Gasteiger partial charge in [0.15, 0.2) is 38.4 Å². The number of ether oxygens (including phenoxy) is 1. The van der Waals surface area contributed by atoms with Crippen molar-refractivity contribution in [2.75, 3.05) is 24.6 Å². The van der Waals surface area contributed by atoms with Gasteiger partial charge in [-0.25, -0.2) is 15.0 Å². The average molecular weight is 819 g/mol. The van der Waals surface area contributed by atoms with E-state index in [-0.39, 0.29) is 107 Å². The second kappa shape index (κ2) is 19.0. The largest absolute Gasteiger partial charge is 1.00 e.